The Bertz CT molecular complexity index is 1670. The van der Waals surface area contributed by atoms with Gasteiger partial charge in [0, 0.05) is 100 Å². The van der Waals surface area contributed by atoms with Crippen LogP contribution in [0.1, 0.15) is 30.9 Å². The van der Waals surface area contributed by atoms with Gasteiger partial charge in [0.05, 0.1) is 17.8 Å². The molecule has 3 aliphatic rings. The number of hydrogen-bond acceptors (Lipinski definition) is 9. The molecule has 12 nitrogen and oxygen atoms in total. The molecule has 2 aromatic carbocycles. The number of carbonyl (C=O) groups is 2. The second kappa shape index (κ2) is 13.1. The largest absolute Gasteiger partial charge is 0.381 e. The van der Waals surface area contributed by atoms with E-state index in [4.69, 9.17) is 9.47 Å². The van der Waals surface area contributed by atoms with Gasteiger partial charge in [0.1, 0.15) is 0 Å². The van der Waals surface area contributed by atoms with E-state index in [9.17, 15) is 9.59 Å². The summed E-state index contributed by atoms with van der Waals surface area (Å²) in [5.74, 6) is 0.926. The molecule has 4 aromatic rings. The number of nitrogens with zero attached hydrogens (tertiary/aromatic N) is 6. The van der Waals surface area contributed by atoms with Crippen LogP contribution in [0.25, 0.3) is 22.3 Å². The molecule has 7 rings (SSSR count). The highest BCUT2D eigenvalue weighted by atomic mass is 16.5. The van der Waals surface area contributed by atoms with Crippen LogP contribution >= 0.6 is 0 Å². The maximum absolute atomic E-state index is 13.6. The lowest BCUT2D eigenvalue weighted by Crippen LogP contribution is -2.52. The van der Waals surface area contributed by atoms with Crippen LogP contribution in [0, 0.1) is 0 Å². The molecule has 3 saturated heterocycles. The van der Waals surface area contributed by atoms with Gasteiger partial charge in [-0.3, -0.25) is 19.6 Å². The van der Waals surface area contributed by atoms with E-state index in [-0.39, 0.29) is 18.4 Å². The molecule has 0 bridgehead atoms. The lowest BCUT2D eigenvalue weighted by atomic mass is 9.94. The van der Waals surface area contributed by atoms with Crippen molar-refractivity contribution in [3.8, 4) is 11.4 Å². The number of anilines is 2. The highest BCUT2D eigenvalue weighted by Crippen LogP contribution is 2.33. The number of carbonyl (C=O) groups excluding carboxylic acids is 2. The first kappa shape index (κ1) is 30.3. The van der Waals surface area contributed by atoms with Crippen molar-refractivity contribution in [3.05, 3.63) is 66.6 Å². The average molecular weight is 625 g/mol. The Morgan fingerprint density at radius 1 is 1.02 bits per heavy atom. The van der Waals surface area contributed by atoms with Crippen molar-refractivity contribution in [1.29, 1.82) is 0 Å². The number of hydrogen-bond donors (Lipinski definition) is 2. The predicted molar refractivity (Wildman–Crippen MR) is 175 cm³/mol. The number of ether oxygens (including phenoxy) is 2. The number of piperazine rings is 1. The van der Waals surface area contributed by atoms with Gasteiger partial charge in [-0.2, -0.15) is 5.10 Å². The molecule has 2 aromatic heterocycles. The standard InChI is InChI=1S/C34H40N8O4/c1-45-34(33(44)37-26-5-8-29-28(21-26)31(39-38-29)24-9-19-46-20-10-24)11-14-40(23-34)22-30(43)42-17-15-41(16-18-42)27-6-3-25(4-7-27)32-35-12-2-13-36-32/h2-8,12-13,21,24H,9-11,14-20,22-23H2,1H3,(H,37,44)(H,38,39)/t34-/m1/s1. The number of benzene rings is 2. The molecule has 3 aliphatic heterocycles. The molecule has 12 heteroatoms. The van der Waals surface area contributed by atoms with E-state index in [1.54, 1.807) is 25.6 Å². The number of methoxy groups -OCH3 is 1. The fourth-order valence-corrected chi connectivity index (χ4v) is 6.85. The molecule has 2 amide bonds. The van der Waals surface area contributed by atoms with E-state index in [2.05, 4.69) is 42.5 Å². The molecule has 0 aliphatic carbocycles. The van der Waals surface area contributed by atoms with E-state index in [0.717, 1.165) is 67.0 Å². The summed E-state index contributed by atoms with van der Waals surface area (Å²) in [5, 5.41) is 11.8. The summed E-state index contributed by atoms with van der Waals surface area (Å²) in [6, 6.07) is 15.9. The summed E-state index contributed by atoms with van der Waals surface area (Å²) >= 11 is 0. The van der Waals surface area contributed by atoms with E-state index >= 15 is 0 Å². The fourth-order valence-electron chi connectivity index (χ4n) is 6.85. The molecule has 2 N–H and O–H groups in total. The van der Waals surface area contributed by atoms with Gasteiger partial charge in [-0.05, 0) is 67.8 Å². The van der Waals surface area contributed by atoms with Gasteiger partial charge in [0.2, 0.25) is 5.91 Å². The molecule has 1 atom stereocenters. The number of aromatic nitrogens is 4. The second-order valence-corrected chi connectivity index (χ2v) is 12.4. The van der Waals surface area contributed by atoms with Crippen LogP contribution in [0.5, 0.6) is 0 Å². The molecule has 0 spiro atoms. The van der Waals surface area contributed by atoms with Crippen LogP contribution in [-0.4, -0.2) is 114 Å². The van der Waals surface area contributed by atoms with Gasteiger partial charge in [-0.25, -0.2) is 9.97 Å². The number of amides is 2. The number of likely N-dealkylation sites (tertiary alicyclic amines) is 1. The summed E-state index contributed by atoms with van der Waals surface area (Å²) in [6.45, 7) is 5.53. The molecular formula is C34H40N8O4. The molecule has 46 heavy (non-hydrogen) atoms. The fraction of sp³-hybridized carbons (Fsp3) is 0.441. The number of aromatic amines is 1. The predicted octanol–water partition coefficient (Wildman–Crippen LogP) is 3.29. The molecule has 5 heterocycles. The number of rotatable bonds is 8. The van der Waals surface area contributed by atoms with Gasteiger partial charge in [-0.15, -0.1) is 0 Å². The summed E-state index contributed by atoms with van der Waals surface area (Å²) in [4.78, 5) is 41.8. The summed E-state index contributed by atoms with van der Waals surface area (Å²) in [7, 11) is 1.58. The minimum atomic E-state index is -1.02. The third-order valence-corrected chi connectivity index (χ3v) is 9.62. The molecule has 0 saturated carbocycles. The maximum atomic E-state index is 13.6. The van der Waals surface area contributed by atoms with Crippen molar-refractivity contribution in [2.75, 3.05) is 76.4 Å². The zero-order valence-electron chi connectivity index (χ0n) is 26.2. The van der Waals surface area contributed by atoms with E-state index in [0.29, 0.717) is 50.0 Å². The van der Waals surface area contributed by atoms with Crippen LogP contribution in [0.2, 0.25) is 0 Å². The zero-order chi connectivity index (χ0) is 31.5. The van der Waals surface area contributed by atoms with Gasteiger partial charge in [0.25, 0.3) is 5.91 Å². The minimum absolute atomic E-state index is 0.0783. The van der Waals surface area contributed by atoms with E-state index in [1.807, 2.05) is 40.1 Å². The molecule has 3 fully saturated rings. The van der Waals surface area contributed by atoms with Crippen LogP contribution < -0.4 is 10.2 Å². The minimum Gasteiger partial charge on any atom is -0.381 e. The van der Waals surface area contributed by atoms with Crippen molar-refractivity contribution < 1.29 is 19.1 Å². The number of nitrogens with one attached hydrogen (secondary N) is 2. The highest BCUT2D eigenvalue weighted by Gasteiger charge is 2.45. The van der Waals surface area contributed by atoms with Crippen LogP contribution in [0.15, 0.2) is 60.9 Å². The first-order valence-electron chi connectivity index (χ1n) is 16.1. The van der Waals surface area contributed by atoms with Crippen LogP contribution in [0.4, 0.5) is 11.4 Å². The number of H-pyrrole nitrogens is 1. The van der Waals surface area contributed by atoms with E-state index in [1.165, 1.54) is 0 Å². The van der Waals surface area contributed by atoms with Gasteiger partial charge in [-0.1, -0.05) is 0 Å². The molecule has 0 unspecified atom stereocenters. The lowest BCUT2D eigenvalue weighted by molar-refractivity contribution is -0.138. The van der Waals surface area contributed by atoms with Crippen molar-refractivity contribution in [3.63, 3.8) is 0 Å². The quantitative estimate of drug-likeness (QED) is 0.304. The SMILES string of the molecule is CO[C@]1(C(=O)Nc2ccc3[nH]nc(C4CCOCC4)c3c2)CCN(CC(=O)N2CCN(c3ccc(-c4ncccn4)cc3)CC2)C1. The first-order chi connectivity index (χ1) is 22.5. The normalized spacial score (nSPS) is 21.2. The number of fused-ring (bicyclic) bond motifs is 1. The zero-order valence-corrected chi connectivity index (χ0v) is 26.2. The Kier molecular flexibility index (Phi) is 8.65. The second-order valence-electron chi connectivity index (χ2n) is 12.4. The molecule has 0 radical (unpaired) electrons. The summed E-state index contributed by atoms with van der Waals surface area (Å²) in [5.41, 5.74) is 3.75. The Balaban J connectivity index is 0.926. The lowest BCUT2D eigenvalue weighted by Gasteiger charge is -2.37. The van der Waals surface area contributed by atoms with Gasteiger partial charge >= 0.3 is 0 Å². The average Bonchev–Trinajstić information content (AvgIpc) is 3.74. The third kappa shape index (κ3) is 6.20. The molecular weight excluding hydrogens is 584 g/mol. The Morgan fingerprint density at radius 3 is 2.52 bits per heavy atom. The van der Waals surface area contributed by atoms with Crippen molar-refractivity contribution in [2.45, 2.75) is 30.8 Å². The highest BCUT2D eigenvalue weighted by molar-refractivity contribution is 5.99. The monoisotopic (exact) mass is 624 g/mol. The maximum Gasteiger partial charge on any atom is 0.258 e. The third-order valence-electron chi connectivity index (χ3n) is 9.62. The summed E-state index contributed by atoms with van der Waals surface area (Å²) < 4.78 is 11.4. The van der Waals surface area contributed by atoms with Crippen LogP contribution in [0.3, 0.4) is 0 Å². The van der Waals surface area contributed by atoms with Crippen LogP contribution in [-0.2, 0) is 19.1 Å². The first-order valence-corrected chi connectivity index (χ1v) is 16.1. The topological polar surface area (TPSA) is 129 Å². The smallest absolute Gasteiger partial charge is 0.258 e. The Labute approximate surface area is 268 Å². The Hall–Kier alpha value is -4.39. The van der Waals surface area contributed by atoms with Gasteiger partial charge in [0.15, 0.2) is 11.4 Å². The van der Waals surface area contributed by atoms with Gasteiger partial charge < -0.3 is 24.6 Å². The van der Waals surface area contributed by atoms with Crippen molar-refractivity contribution in [1.82, 2.24) is 30.0 Å². The van der Waals surface area contributed by atoms with Crippen molar-refractivity contribution in [2.24, 2.45) is 0 Å². The molecule has 240 valence electrons. The van der Waals surface area contributed by atoms with E-state index < -0.39 is 5.60 Å². The summed E-state index contributed by atoms with van der Waals surface area (Å²) in [6.07, 6.45) is 5.87. The Morgan fingerprint density at radius 2 is 1.78 bits per heavy atom. The van der Waals surface area contributed by atoms with Crippen molar-refractivity contribution >= 4 is 34.1 Å².